The molecule has 1 aliphatic heterocycles. The van der Waals surface area contributed by atoms with Crippen molar-refractivity contribution >= 4 is 28.3 Å². The number of aliphatic imine (C=N–C) groups is 1. The first-order chi connectivity index (χ1) is 17.8. The van der Waals surface area contributed by atoms with Gasteiger partial charge in [-0.2, -0.15) is 0 Å². The lowest BCUT2D eigenvalue weighted by Gasteiger charge is -2.28. The first kappa shape index (κ1) is 26.3. The summed E-state index contributed by atoms with van der Waals surface area (Å²) in [6, 6.07) is 19.7. The number of pyridine rings is 1. The Labute approximate surface area is 218 Å². The van der Waals surface area contributed by atoms with E-state index < -0.39 is 5.91 Å². The number of aromatic nitrogens is 1. The van der Waals surface area contributed by atoms with E-state index in [-0.39, 0.29) is 23.1 Å². The van der Waals surface area contributed by atoms with Gasteiger partial charge in [-0.25, -0.2) is 4.98 Å². The Kier molecular flexibility index (Phi) is 8.53. The van der Waals surface area contributed by atoms with Gasteiger partial charge in [0.25, 0.3) is 5.91 Å². The normalized spacial score (nSPS) is 17.9. The molecule has 2 aliphatic rings. The summed E-state index contributed by atoms with van der Waals surface area (Å²) in [5.41, 5.74) is 21.5. The number of piperazine rings is 1. The number of nitrogens with zero attached hydrogens (tertiary/aromatic N) is 4. The average Bonchev–Trinajstić information content (AvgIpc) is 2.88. The molecule has 2 fully saturated rings. The number of hydrogen-bond acceptors (Lipinski definition) is 6. The summed E-state index contributed by atoms with van der Waals surface area (Å²) < 4.78 is 0. The average molecular weight is 500 g/mol. The number of carbonyl (C=O) groups is 1. The fourth-order valence-electron chi connectivity index (χ4n) is 4.28. The van der Waals surface area contributed by atoms with E-state index in [1.165, 1.54) is 26.2 Å². The van der Waals surface area contributed by atoms with Gasteiger partial charge in [-0.1, -0.05) is 48.5 Å². The Balaban J connectivity index is 0.000000342. The van der Waals surface area contributed by atoms with Crippen molar-refractivity contribution in [2.24, 2.45) is 22.2 Å². The lowest BCUT2D eigenvalue weighted by Crippen LogP contribution is -2.42. The molecule has 0 spiro atoms. The highest BCUT2D eigenvalue weighted by Crippen LogP contribution is 2.25. The third kappa shape index (κ3) is 6.72. The lowest BCUT2D eigenvalue weighted by molar-refractivity contribution is -0.114. The van der Waals surface area contributed by atoms with Crippen LogP contribution < -0.4 is 17.2 Å². The Bertz CT molecular complexity index is 1280. The van der Waals surface area contributed by atoms with Gasteiger partial charge in [0.05, 0.1) is 22.9 Å². The van der Waals surface area contributed by atoms with Crippen molar-refractivity contribution in [3.63, 3.8) is 0 Å². The van der Waals surface area contributed by atoms with Crippen molar-refractivity contribution in [1.29, 1.82) is 0 Å². The monoisotopic (exact) mass is 499 g/mol. The van der Waals surface area contributed by atoms with Crippen molar-refractivity contribution < 1.29 is 4.79 Å². The molecule has 8 heteroatoms. The number of hydrogen-bond donors (Lipinski definition) is 3. The minimum atomic E-state index is -0.686. The van der Waals surface area contributed by atoms with E-state index in [2.05, 4.69) is 28.9 Å². The number of rotatable bonds is 5. The van der Waals surface area contributed by atoms with E-state index in [9.17, 15) is 4.79 Å². The molecule has 0 unspecified atom stereocenters. The third-order valence-corrected chi connectivity index (χ3v) is 6.97. The molecule has 5 rings (SSSR count). The Hall–Kier alpha value is -3.75. The Morgan fingerprint density at radius 3 is 2.08 bits per heavy atom. The number of amidine groups is 1. The first-order valence-corrected chi connectivity index (χ1v) is 12.8. The zero-order valence-electron chi connectivity index (χ0n) is 21.7. The fourth-order valence-corrected chi connectivity index (χ4v) is 4.28. The summed E-state index contributed by atoms with van der Waals surface area (Å²) >= 11 is 0. The van der Waals surface area contributed by atoms with Crippen molar-refractivity contribution in [3.05, 3.63) is 71.8 Å². The summed E-state index contributed by atoms with van der Waals surface area (Å²) in [4.78, 5) is 25.9. The molecule has 8 nitrogen and oxygen atoms in total. The van der Waals surface area contributed by atoms with Gasteiger partial charge in [0.1, 0.15) is 11.4 Å². The molecule has 1 saturated carbocycles. The summed E-state index contributed by atoms with van der Waals surface area (Å²) in [5, 5.41) is 0.970. The summed E-state index contributed by atoms with van der Waals surface area (Å²) in [6.07, 6.45) is 3.05. The quantitative estimate of drug-likeness (QED) is 0.281. The predicted octanol–water partition coefficient (Wildman–Crippen LogP) is 2.83. The van der Waals surface area contributed by atoms with Gasteiger partial charge in [0.15, 0.2) is 0 Å². The van der Waals surface area contributed by atoms with Gasteiger partial charge in [-0.3, -0.25) is 9.79 Å². The van der Waals surface area contributed by atoms with Gasteiger partial charge in [0.2, 0.25) is 0 Å². The van der Waals surface area contributed by atoms with E-state index in [0.717, 1.165) is 41.4 Å². The second-order valence-electron chi connectivity index (χ2n) is 9.83. The molecular weight excluding hydrogens is 462 g/mol. The van der Waals surface area contributed by atoms with Gasteiger partial charge in [-0.05, 0) is 45.5 Å². The second kappa shape index (κ2) is 12.0. The first-order valence-electron chi connectivity index (χ1n) is 12.8. The second-order valence-corrected chi connectivity index (χ2v) is 9.83. The van der Waals surface area contributed by atoms with E-state index in [1.807, 2.05) is 60.7 Å². The molecule has 6 N–H and O–H groups in total. The molecule has 0 bridgehead atoms. The third-order valence-electron chi connectivity index (χ3n) is 6.97. The van der Waals surface area contributed by atoms with Crippen LogP contribution in [0.3, 0.4) is 0 Å². The summed E-state index contributed by atoms with van der Waals surface area (Å²) in [6.45, 7) is 4.93. The van der Waals surface area contributed by atoms with Crippen LogP contribution in [0, 0.1) is 0 Å². The van der Waals surface area contributed by atoms with Crippen LogP contribution in [0.25, 0.3) is 27.9 Å². The molecule has 0 radical (unpaired) electrons. The number of carbonyl (C=O) groups excluding carboxylic acids is 1. The Morgan fingerprint density at radius 1 is 0.892 bits per heavy atom. The van der Waals surface area contributed by atoms with Crippen LogP contribution in [0.4, 0.5) is 0 Å². The maximum Gasteiger partial charge on any atom is 0.254 e. The minimum Gasteiger partial charge on any atom is -0.397 e. The molecule has 1 aliphatic carbocycles. The molecule has 0 atom stereocenters. The smallest absolute Gasteiger partial charge is 0.254 e. The molecular formula is C29H37N7O. The molecule has 3 aromatic rings. The van der Waals surface area contributed by atoms with E-state index in [4.69, 9.17) is 22.2 Å². The zero-order valence-corrected chi connectivity index (χ0v) is 21.7. The molecule has 194 valence electrons. The van der Waals surface area contributed by atoms with Crippen LogP contribution in [0.2, 0.25) is 0 Å². The number of likely N-dealkylation sites (N-methyl/N-ethyl adjacent to an activating group) is 2. The topological polar surface area (TPSA) is 127 Å². The summed E-state index contributed by atoms with van der Waals surface area (Å²) in [7, 11) is 4.35. The number of amides is 1. The molecule has 2 aromatic carbocycles. The van der Waals surface area contributed by atoms with Gasteiger partial charge in [-0.15, -0.1) is 0 Å². The molecule has 1 saturated heterocycles. The minimum absolute atomic E-state index is 0.0652. The highest BCUT2D eigenvalue weighted by atomic mass is 16.1. The van der Waals surface area contributed by atoms with Crippen LogP contribution in [0.1, 0.15) is 24.8 Å². The molecule has 37 heavy (non-hydrogen) atoms. The van der Waals surface area contributed by atoms with Gasteiger partial charge in [0, 0.05) is 42.7 Å². The van der Waals surface area contributed by atoms with Gasteiger partial charge >= 0.3 is 0 Å². The SMILES string of the molecule is CN1CCN(C)CC1.NC(=O)/C(C(N)=NC1CCC1)=C(/N)c1ccc2ccc(-c3ccccc3)nc2c1. The van der Waals surface area contributed by atoms with Crippen LogP contribution in [0.15, 0.2) is 71.2 Å². The van der Waals surface area contributed by atoms with E-state index in [1.54, 1.807) is 0 Å². The van der Waals surface area contributed by atoms with Crippen LogP contribution in [-0.2, 0) is 4.79 Å². The fraction of sp³-hybridized carbons (Fsp3) is 0.345. The standard InChI is InChI=1S/C23H23N5O.C6H14N2/c24-21(20(23(26)29)22(25)27-17-7-4-8-17)16-10-9-15-11-12-18(28-19(15)13-16)14-5-2-1-3-6-14;1-7-3-5-8(2)6-4-7/h1-3,5-6,9-13,17H,4,7-8,24H2,(H2,25,27)(H2,26,29);3-6H2,1-2H3/b21-20+;. The number of fused-ring (bicyclic) bond motifs is 1. The maximum absolute atomic E-state index is 12.1. The summed E-state index contributed by atoms with van der Waals surface area (Å²) in [5.74, 6) is -0.583. The van der Waals surface area contributed by atoms with Crippen molar-refractivity contribution in [3.8, 4) is 11.3 Å². The molecule has 1 aromatic heterocycles. The highest BCUT2D eigenvalue weighted by molar-refractivity contribution is 6.24. The van der Waals surface area contributed by atoms with Gasteiger partial charge < -0.3 is 27.0 Å². The highest BCUT2D eigenvalue weighted by Gasteiger charge is 2.21. The van der Waals surface area contributed by atoms with Crippen molar-refractivity contribution in [2.45, 2.75) is 25.3 Å². The van der Waals surface area contributed by atoms with Crippen molar-refractivity contribution in [2.75, 3.05) is 40.3 Å². The van der Waals surface area contributed by atoms with Crippen LogP contribution in [-0.4, -0.2) is 72.8 Å². The van der Waals surface area contributed by atoms with Crippen LogP contribution >= 0.6 is 0 Å². The van der Waals surface area contributed by atoms with Crippen molar-refractivity contribution in [1.82, 2.24) is 14.8 Å². The molecule has 2 heterocycles. The molecule has 1 amide bonds. The maximum atomic E-state index is 12.1. The number of primary amides is 1. The van der Waals surface area contributed by atoms with E-state index >= 15 is 0 Å². The largest absolute Gasteiger partial charge is 0.397 e. The van der Waals surface area contributed by atoms with Crippen LogP contribution in [0.5, 0.6) is 0 Å². The number of nitrogens with two attached hydrogens (primary N) is 3. The predicted molar refractivity (Wildman–Crippen MR) is 152 cm³/mol. The lowest BCUT2D eigenvalue weighted by atomic mass is 9.93. The van der Waals surface area contributed by atoms with E-state index in [0.29, 0.717) is 5.56 Å². The Morgan fingerprint density at radius 2 is 1.51 bits per heavy atom. The number of benzene rings is 2. The zero-order chi connectivity index (χ0) is 26.4.